The number of nitrogen functional groups attached to an aromatic ring is 1. The molecule has 1 saturated heterocycles. The highest BCUT2D eigenvalue weighted by Gasteiger charge is 2.21. The second-order valence-electron chi connectivity index (χ2n) is 4.18. The van der Waals surface area contributed by atoms with Gasteiger partial charge in [-0.2, -0.15) is 0 Å². The molecule has 1 aromatic rings. The predicted octanol–water partition coefficient (Wildman–Crippen LogP) is 1.85. The van der Waals surface area contributed by atoms with Gasteiger partial charge in [0.1, 0.15) is 5.84 Å². The van der Waals surface area contributed by atoms with E-state index in [9.17, 15) is 0 Å². The van der Waals surface area contributed by atoms with Crippen LogP contribution in [0.2, 0.25) is 5.02 Å². The Bertz CT molecular complexity index is 436. The molecule has 1 fully saturated rings. The number of benzene rings is 1. The maximum Gasteiger partial charge on any atom is 0.126 e. The number of halogens is 1. The second-order valence-corrected chi connectivity index (χ2v) is 4.58. The van der Waals surface area contributed by atoms with E-state index in [-0.39, 0.29) is 11.9 Å². The summed E-state index contributed by atoms with van der Waals surface area (Å²) in [6, 6.07) is 5.58. The van der Waals surface area contributed by atoms with E-state index >= 15 is 0 Å². The average Bonchev–Trinajstić information content (AvgIpc) is 2.28. The van der Waals surface area contributed by atoms with Crippen molar-refractivity contribution in [2.24, 2.45) is 5.73 Å². The van der Waals surface area contributed by atoms with Crippen molar-refractivity contribution in [1.82, 2.24) is 0 Å². The molecule has 0 aliphatic carbocycles. The highest BCUT2D eigenvalue weighted by Crippen LogP contribution is 2.28. The molecule has 92 valence electrons. The number of hydrogen-bond acceptors (Lipinski definition) is 3. The molecule has 0 bridgehead atoms. The maximum atomic E-state index is 7.62. The van der Waals surface area contributed by atoms with Gasteiger partial charge in [-0.15, -0.1) is 0 Å². The maximum absolute atomic E-state index is 7.62. The molecule has 1 unspecified atom stereocenters. The zero-order chi connectivity index (χ0) is 12.4. The number of nitrogens with zero attached hydrogens (tertiary/aromatic N) is 1. The van der Waals surface area contributed by atoms with Crippen molar-refractivity contribution >= 4 is 23.1 Å². The molecule has 0 spiro atoms. The van der Waals surface area contributed by atoms with E-state index in [0.717, 1.165) is 18.8 Å². The van der Waals surface area contributed by atoms with Crippen molar-refractivity contribution in [2.45, 2.75) is 13.0 Å². The van der Waals surface area contributed by atoms with E-state index < -0.39 is 0 Å². The lowest BCUT2D eigenvalue weighted by Crippen LogP contribution is -2.42. The van der Waals surface area contributed by atoms with Crippen LogP contribution >= 0.6 is 11.6 Å². The number of amidine groups is 1. The third kappa shape index (κ3) is 2.53. The van der Waals surface area contributed by atoms with Gasteiger partial charge >= 0.3 is 0 Å². The van der Waals surface area contributed by atoms with E-state index in [0.29, 0.717) is 17.2 Å². The molecule has 0 radical (unpaired) electrons. The van der Waals surface area contributed by atoms with Crippen molar-refractivity contribution < 1.29 is 4.74 Å². The molecule has 1 heterocycles. The third-order valence-electron chi connectivity index (χ3n) is 2.84. The Morgan fingerprint density at radius 3 is 3.00 bits per heavy atom. The molecule has 1 atom stereocenters. The summed E-state index contributed by atoms with van der Waals surface area (Å²) in [4.78, 5) is 2.16. The van der Waals surface area contributed by atoms with Crippen LogP contribution in [0.15, 0.2) is 18.2 Å². The zero-order valence-electron chi connectivity index (χ0n) is 9.74. The molecule has 1 aliphatic rings. The first-order valence-electron chi connectivity index (χ1n) is 5.59. The molecule has 1 aliphatic heterocycles. The summed E-state index contributed by atoms with van der Waals surface area (Å²) in [7, 11) is 0. The van der Waals surface area contributed by atoms with E-state index in [1.165, 1.54) is 0 Å². The van der Waals surface area contributed by atoms with E-state index in [2.05, 4.69) is 4.90 Å². The third-order valence-corrected chi connectivity index (χ3v) is 3.16. The Morgan fingerprint density at radius 1 is 1.59 bits per heavy atom. The lowest BCUT2D eigenvalue weighted by atomic mass is 10.1. The highest BCUT2D eigenvalue weighted by atomic mass is 35.5. The topological polar surface area (TPSA) is 62.3 Å². The number of rotatable bonds is 2. The number of anilines is 1. The van der Waals surface area contributed by atoms with Crippen LogP contribution in [0.25, 0.3) is 0 Å². The fourth-order valence-corrected chi connectivity index (χ4v) is 2.35. The van der Waals surface area contributed by atoms with Crippen LogP contribution < -0.4 is 10.6 Å². The largest absolute Gasteiger partial charge is 0.384 e. The predicted molar refractivity (Wildman–Crippen MR) is 70.1 cm³/mol. The van der Waals surface area contributed by atoms with Crippen molar-refractivity contribution in [3.05, 3.63) is 28.8 Å². The summed E-state index contributed by atoms with van der Waals surface area (Å²) in [5, 5.41) is 8.14. The molecule has 4 nitrogen and oxygen atoms in total. The molecular weight excluding hydrogens is 238 g/mol. The lowest BCUT2D eigenvalue weighted by Gasteiger charge is -2.34. The van der Waals surface area contributed by atoms with Gasteiger partial charge in [0.2, 0.25) is 0 Å². The minimum atomic E-state index is 0.00439. The average molecular weight is 254 g/mol. The normalized spacial score (nSPS) is 20.4. The molecule has 2 rings (SSSR count). The molecule has 17 heavy (non-hydrogen) atoms. The fraction of sp³-hybridized carbons (Fsp3) is 0.417. The Labute approximate surface area is 106 Å². The van der Waals surface area contributed by atoms with Crippen LogP contribution in [0, 0.1) is 5.41 Å². The van der Waals surface area contributed by atoms with Crippen molar-refractivity contribution in [2.75, 3.05) is 24.6 Å². The van der Waals surface area contributed by atoms with Crippen molar-refractivity contribution in [3.63, 3.8) is 0 Å². The second kappa shape index (κ2) is 4.94. The highest BCUT2D eigenvalue weighted by molar-refractivity contribution is 6.34. The summed E-state index contributed by atoms with van der Waals surface area (Å²) in [5.74, 6) is 0.00439. The van der Waals surface area contributed by atoms with Crippen molar-refractivity contribution in [1.29, 1.82) is 5.41 Å². The summed E-state index contributed by atoms with van der Waals surface area (Å²) < 4.78 is 5.50. The summed E-state index contributed by atoms with van der Waals surface area (Å²) in [6.07, 6.45) is 0.183. The Kier molecular flexibility index (Phi) is 3.54. The number of hydrogen-bond donors (Lipinski definition) is 2. The molecule has 0 aromatic heterocycles. The number of ether oxygens (including phenoxy) is 1. The Balaban J connectivity index is 2.37. The summed E-state index contributed by atoms with van der Waals surface area (Å²) >= 11 is 6.10. The van der Waals surface area contributed by atoms with Crippen LogP contribution in [-0.4, -0.2) is 31.6 Å². The van der Waals surface area contributed by atoms with Crippen LogP contribution in [0.1, 0.15) is 12.5 Å². The molecule has 3 N–H and O–H groups in total. The lowest BCUT2D eigenvalue weighted by molar-refractivity contribution is 0.0532. The molecule has 0 amide bonds. The van der Waals surface area contributed by atoms with Crippen LogP contribution in [0.5, 0.6) is 0 Å². The molecule has 0 saturated carbocycles. The standard InChI is InChI=1S/C12H16ClN3O/c1-8-7-16(5-6-17-8)10-4-2-3-9(13)11(10)12(14)15/h2-4,8H,5-7H2,1H3,(H3,14,15). The minimum absolute atomic E-state index is 0.00439. The Morgan fingerprint density at radius 2 is 2.35 bits per heavy atom. The van der Waals surface area contributed by atoms with Crippen LogP contribution in [0.3, 0.4) is 0 Å². The van der Waals surface area contributed by atoms with Crippen molar-refractivity contribution in [3.8, 4) is 0 Å². The summed E-state index contributed by atoms with van der Waals surface area (Å²) in [6.45, 7) is 4.31. The SMILES string of the molecule is CC1CN(c2cccc(Cl)c2C(=N)N)CCO1. The van der Waals surface area contributed by atoms with E-state index in [1.54, 1.807) is 6.07 Å². The first-order chi connectivity index (χ1) is 8.09. The van der Waals surface area contributed by atoms with Crippen LogP contribution in [-0.2, 0) is 4.74 Å². The molecule has 5 heteroatoms. The van der Waals surface area contributed by atoms with E-state index in [1.807, 2.05) is 19.1 Å². The monoisotopic (exact) mass is 253 g/mol. The van der Waals surface area contributed by atoms with Gasteiger partial charge in [-0.25, -0.2) is 0 Å². The van der Waals surface area contributed by atoms with Gasteiger partial charge in [-0.05, 0) is 19.1 Å². The van der Waals surface area contributed by atoms with Gasteiger partial charge < -0.3 is 15.4 Å². The number of nitrogens with two attached hydrogens (primary N) is 1. The fourth-order valence-electron chi connectivity index (χ4n) is 2.08. The summed E-state index contributed by atoms with van der Waals surface area (Å²) in [5.41, 5.74) is 7.13. The quantitative estimate of drug-likeness (QED) is 0.625. The Hall–Kier alpha value is -1.26. The minimum Gasteiger partial charge on any atom is -0.384 e. The smallest absolute Gasteiger partial charge is 0.126 e. The van der Waals surface area contributed by atoms with Crippen LogP contribution in [0.4, 0.5) is 5.69 Å². The molecular formula is C12H16ClN3O. The van der Waals surface area contributed by atoms with Gasteiger partial charge in [-0.1, -0.05) is 17.7 Å². The molecule has 1 aromatic carbocycles. The number of morpholine rings is 1. The van der Waals surface area contributed by atoms with Gasteiger partial charge in [0, 0.05) is 18.8 Å². The van der Waals surface area contributed by atoms with E-state index in [4.69, 9.17) is 27.5 Å². The van der Waals surface area contributed by atoms with Gasteiger partial charge in [0.05, 0.1) is 23.3 Å². The first kappa shape index (κ1) is 12.2. The first-order valence-corrected chi connectivity index (χ1v) is 5.97. The van der Waals surface area contributed by atoms with Gasteiger partial charge in [0.25, 0.3) is 0 Å². The van der Waals surface area contributed by atoms with Gasteiger partial charge in [0.15, 0.2) is 0 Å². The zero-order valence-corrected chi connectivity index (χ0v) is 10.5. The van der Waals surface area contributed by atoms with Gasteiger partial charge in [-0.3, -0.25) is 5.41 Å². The number of nitrogens with one attached hydrogen (secondary N) is 1.